The first kappa shape index (κ1) is 14.3. The van der Waals surface area contributed by atoms with Gasteiger partial charge in [0, 0.05) is 25.2 Å². The number of ether oxygens (including phenoxy) is 1. The van der Waals surface area contributed by atoms with Gasteiger partial charge in [-0.15, -0.1) is 0 Å². The van der Waals surface area contributed by atoms with Crippen LogP contribution in [0.25, 0.3) is 0 Å². The molecule has 6 heteroatoms. The van der Waals surface area contributed by atoms with Crippen molar-refractivity contribution in [3.05, 3.63) is 24.3 Å². The minimum absolute atomic E-state index is 0.0803. The zero-order valence-electron chi connectivity index (χ0n) is 11.2. The van der Waals surface area contributed by atoms with Crippen LogP contribution in [0.3, 0.4) is 0 Å². The van der Waals surface area contributed by atoms with Gasteiger partial charge in [0.2, 0.25) is 10.0 Å². The highest BCUT2D eigenvalue weighted by Crippen LogP contribution is 2.25. The largest absolute Gasteiger partial charge is 0.497 e. The predicted molar refractivity (Wildman–Crippen MR) is 73.5 cm³/mol. The van der Waals surface area contributed by atoms with Crippen molar-refractivity contribution < 1.29 is 13.2 Å². The monoisotopic (exact) mass is 284 g/mol. The summed E-state index contributed by atoms with van der Waals surface area (Å²) in [5.74, 6) is 0.719. The lowest BCUT2D eigenvalue weighted by Crippen LogP contribution is -2.48. The molecule has 1 heterocycles. The number of rotatable bonds is 3. The van der Waals surface area contributed by atoms with Gasteiger partial charge in [0.1, 0.15) is 5.75 Å². The molecule has 0 spiro atoms. The number of hydrogen-bond acceptors (Lipinski definition) is 4. The third kappa shape index (κ3) is 2.91. The van der Waals surface area contributed by atoms with Crippen molar-refractivity contribution in [3.8, 4) is 5.75 Å². The Kier molecular flexibility index (Phi) is 4.13. The van der Waals surface area contributed by atoms with E-state index >= 15 is 0 Å². The molecule has 1 aliphatic rings. The molecule has 0 aliphatic carbocycles. The maximum atomic E-state index is 12.5. The van der Waals surface area contributed by atoms with Gasteiger partial charge in [0.05, 0.1) is 12.0 Å². The Labute approximate surface area is 114 Å². The van der Waals surface area contributed by atoms with Crippen LogP contribution in [-0.2, 0) is 10.0 Å². The Morgan fingerprint density at radius 1 is 1.42 bits per heavy atom. The van der Waals surface area contributed by atoms with E-state index in [1.165, 1.54) is 11.4 Å². The summed E-state index contributed by atoms with van der Waals surface area (Å²) >= 11 is 0. The highest BCUT2D eigenvalue weighted by Gasteiger charge is 2.32. The number of hydrogen-bond donors (Lipinski definition) is 1. The molecule has 1 aromatic carbocycles. The van der Waals surface area contributed by atoms with Gasteiger partial charge in [-0.1, -0.05) is 13.0 Å². The second-order valence-electron chi connectivity index (χ2n) is 4.97. The quantitative estimate of drug-likeness (QED) is 0.900. The molecular formula is C13H20N2O3S. The van der Waals surface area contributed by atoms with Crippen LogP contribution in [0.5, 0.6) is 5.75 Å². The molecule has 2 N–H and O–H groups in total. The van der Waals surface area contributed by atoms with E-state index < -0.39 is 10.0 Å². The van der Waals surface area contributed by atoms with Gasteiger partial charge in [-0.25, -0.2) is 8.42 Å². The molecule has 0 bridgehead atoms. The SMILES string of the molecule is COc1cccc(S(=O)(=O)N2CCC(N)C(C)C2)c1. The number of piperidine rings is 1. The van der Waals surface area contributed by atoms with Gasteiger partial charge >= 0.3 is 0 Å². The summed E-state index contributed by atoms with van der Waals surface area (Å²) < 4.78 is 31.7. The van der Waals surface area contributed by atoms with Crippen LogP contribution >= 0.6 is 0 Å². The lowest BCUT2D eigenvalue weighted by atomic mass is 9.96. The average Bonchev–Trinajstić information content (AvgIpc) is 2.41. The van der Waals surface area contributed by atoms with Crippen LogP contribution < -0.4 is 10.5 Å². The Bertz CT molecular complexity index is 545. The molecule has 2 rings (SSSR count). The summed E-state index contributed by atoms with van der Waals surface area (Å²) in [6.07, 6.45) is 0.699. The summed E-state index contributed by atoms with van der Waals surface area (Å²) in [6, 6.07) is 6.64. The van der Waals surface area contributed by atoms with Gasteiger partial charge in [0.15, 0.2) is 0 Å². The van der Waals surface area contributed by atoms with E-state index in [9.17, 15) is 8.42 Å². The molecular weight excluding hydrogens is 264 g/mol. The van der Waals surface area contributed by atoms with Crippen LogP contribution in [0.2, 0.25) is 0 Å². The van der Waals surface area contributed by atoms with Crippen LogP contribution in [0.1, 0.15) is 13.3 Å². The second kappa shape index (κ2) is 5.48. The van der Waals surface area contributed by atoms with Gasteiger partial charge in [0.25, 0.3) is 0 Å². The van der Waals surface area contributed by atoms with Gasteiger partial charge < -0.3 is 10.5 Å². The Hall–Kier alpha value is -1.11. The van der Waals surface area contributed by atoms with Crippen LogP contribution in [0.15, 0.2) is 29.2 Å². The number of nitrogens with zero attached hydrogens (tertiary/aromatic N) is 1. The molecule has 2 unspecified atom stereocenters. The van der Waals surface area contributed by atoms with Crippen molar-refractivity contribution >= 4 is 10.0 Å². The topological polar surface area (TPSA) is 72.6 Å². The number of sulfonamides is 1. The van der Waals surface area contributed by atoms with Crippen LogP contribution in [0.4, 0.5) is 0 Å². The molecule has 0 radical (unpaired) electrons. The summed E-state index contributed by atoms with van der Waals surface area (Å²) in [6.45, 7) is 2.93. The van der Waals surface area contributed by atoms with Crippen molar-refractivity contribution in [1.82, 2.24) is 4.31 Å². The first-order valence-corrected chi connectivity index (χ1v) is 7.79. The van der Waals surface area contributed by atoms with E-state index in [0.717, 1.165) is 0 Å². The Balaban J connectivity index is 2.27. The lowest BCUT2D eigenvalue weighted by Gasteiger charge is -2.34. The van der Waals surface area contributed by atoms with E-state index in [2.05, 4.69) is 0 Å². The van der Waals surface area contributed by atoms with E-state index in [-0.39, 0.29) is 16.9 Å². The molecule has 106 valence electrons. The number of benzene rings is 1. The zero-order chi connectivity index (χ0) is 14.0. The third-order valence-electron chi connectivity index (χ3n) is 3.61. The van der Waals surface area contributed by atoms with E-state index in [4.69, 9.17) is 10.5 Å². The molecule has 1 aromatic rings. The van der Waals surface area contributed by atoms with Crippen molar-refractivity contribution in [1.29, 1.82) is 0 Å². The fourth-order valence-electron chi connectivity index (χ4n) is 2.25. The molecule has 0 amide bonds. The molecule has 0 aromatic heterocycles. The number of methoxy groups -OCH3 is 1. The van der Waals surface area contributed by atoms with Crippen molar-refractivity contribution in [3.63, 3.8) is 0 Å². The molecule has 2 atom stereocenters. The third-order valence-corrected chi connectivity index (χ3v) is 5.47. The summed E-state index contributed by atoms with van der Waals surface area (Å²) in [5.41, 5.74) is 5.93. The summed E-state index contributed by atoms with van der Waals surface area (Å²) in [5, 5.41) is 0. The maximum absolute atomic E-state index is 12.5. The van der Waals surface area contributed by atoms with Gasteiger partial charge in [-0.2, -0.15) is 4.31 Å². The first-order chi connectivity index (χ1) is 8.95. The highest BCUT2D eigenvalue weighted by atomic mass is 32.2. The molecule has 19 heavy (non-hydrogen) atoms. The fourth-order valence-corrected chi connectivity index (χ4v) is 3.85. The van der Waals surface area contributed by atoms with E-state index in [0.29, 0.717) is 25.3 Å². The normalized spacial score (nSPS) is 25.2. The molecule has 1 fully saturated rings. The minimum Gasteiger partial charge on any atom is -0.497 e. The predicted octanol–water partition coefficient (Wildman–Crippen LogP) is 1.05. The Morgan fingerprint density at radius 3 is 2.79 bits per heavy atom. The van der Waals surface area contributed by atoms with E-state index in [1.807, 2.05) is 6.92 Å². The molecule has 1 aliphatic heterocycles. The number of nitrogens with two attached hydrogens (primary N) is 1. The summed E-state index contributed by atoms with van der Waals surface area (Å²) in [4.78, 5) is 0.273. The maximum Gasteiger partial charge on any atom is 0.243 e. The standard InChI is InChI=1S/C13H20N2O3S/c1-10-9-15(7-6-13(10)14)19(16,17)12-5-3-4-11(8-12)18-2/h3-5,8,10,13H,6-7,9,14H2,1-2H3. The molecule has 1 saturated heterocycles. The first-order valence-electron chi connectivity index (χ1n) is 6.35. The lowest BCUT2D eigenvalue weighted by molar-refractivity contribution is 0.250. The van der Waals surface area contributed by atoms with Crippen LogP contribution in [-0.4, -0.2) is 39.0 Å². The van der Waals surface area contributed by atoms with E-state index in [1.54, 1.807) is 24.3 Å². The molecule has 5 nitrogen and oxygen atoms in total. The molecule has 0 saturated carbocycles. The van der Waals surface area contributed by atoms with Crippen LogP contribution in [0, 0.1) is 5.92 Å². The minimum atomic E-state index is -3.45. The van der Waals surface area contributed by atoms with Gasteiger partial charge in [-0.05, 0) is 24.5 Å². The zero-order valence-corrected chi connectivity index (χ0v) is 12.1. The van der Waals surface area contributed by atoms with Crippen molar-refractivity contribution in [2.45, 2.75) is 24.3 Å². The fraction of sp³-hybridized carbons (Fsp3) is 0.538. The average molecular weight is 284 g/mol. The summed E-state index contributed by atoms with van der Waals surface area (Å²) in [7, 11) is -1.93. The van der Waals surface area contributed by atoms with Crippen molar-refractivity contribution in [2.24, 2.45) is 11.7 Å². The highest BCUT2D eigenvalue weighted by molar-refractivity contribution is 7.89. The Morgan fingerprint density at radius 2 is 2.16 bits per heavy atom. The second-order valence-corrected chi connectivity index (χ2v) is 6.91. The van der Waals surface area contributed by atoms with Crippen molar-refractivity contribution in [2.75, 3.05) is 20.2 Å². The van der Waals surface area contributed by atoms with Gasteiger partial charge in [-0.3, -0.25) is 0 Å². The smallest absolute Gasteiger partial charge is 0.243 e.